The van der Waals surface area contributed by atoms with Gasteiger partial charge in [0.1, 0.15) is 5.69 Å². The number of hydrogen-bond acceptors (Lipinski definition) is 5. The SMILES string of the molecule is Cc1c(N=c2scc(-c3ccco3)n2N=Cc2ccccc2)c(=O)n(-c2ccccc2)n1C. The van der Waals surface area contributed by atoms with Crippen LogP contribution < -0.4 is 10.4 Å². The summed E-state index contributed by atoms with van der Waals surface area (Å²) in [6, 6.07) is 23.0. The van der Waals surface area contributed by atoms with Gasteiger partial charge in [-0.3, -0.25) is 9.48 Å². The number of para-hydroxylation sites is 1. The molecule has 0 fully saturated rings. The number of benzene rings is 2. The maximum Gasteiger partial charge on any atom is 0.297 e. The molecule has 0 aliphatic heterocycles. The molecule has 0 unspecified atom stereocenters. The molecule has 5 rings (SSSR count). The Kier molecular flexibility index (Phi) is 5.50. The van der Waals surface area contributed by atoms with Gasteiger partial charge in [-0.25, -0.2) is 14.4 Å². The van der Waals surface area contributed by atoms with Crippen molar-refractivity contribution in [3.05, 3.63) is 111 Å². The summed E-state index contributed by atoms with van der Waals surface area (Å²) < 4.78 is 10.7. The average molecular weight is 456 g/mol. The van der Waals surface area contributed by atoms with Crippen molar-refractivity contribution in [3.63, 3.8) is 0 Å². The topological polar surface area (TPSA) is 69.7 Å². The van der Waals surface area contributed by atoms with E-state index in [-0.39, 0.29) is 5.56 Å². The lowest BCUT2D eigenvalue weighted by Crippen LogP contribution is -2.19. The summed E-state index contributed by atoms with van der Waals surface area (Å²) in [5.41, 5.74) is 3.44. The van der Waals surface area contributed by atoms with Gasteiger partial charge in [0, 0.05) is 12.4 Å². The van der Waals surface area contributed by atoms with E-state index in [0.29, 0.717) is 16.2 Å². The predicted molar refractivity (Wildman–Crippen MR) is 130 cm³/mol. The van der Waals surface area contributed by atoms with Crippen LogP contribution in [0.1, 0.15) is 11.3 Å². The Bertz CT molecular complexity index is 1540. The molecule has 0 amide bonds. The molecule has 33 heavy (non-hydrogen) atoms. The van der Waals surface area contributed by atoms with Gasteiger partial charge in [-0.1, -0.05) is 48.5 Å². The van der Waals surface area contributed by atoms with E-state index in [1.165, 1.54) is 11.3 Å². The van der Waals surface area contributed by atoms with E-state index in [1.54, 1.807) is 21.8 Å². The van der Waals surface area contributed by atoms with Gasteiger partial charge in [0.05, 0.1) is 23.9 Å². The molecule has 0 aliphatic rings. The normalized spacial score (nSPS) is 12.1. The van der Waals surface area contributed by atoms with Crippen LogP contribution in [-0.2, 0) is 7.05 Å². The zero-order valence-electron chi connectivity index (χ0n) is 18.1. The van der Waals surface area contributed by atoms with Gasteiger partial charge in [-0.15, -0.1) is 11.3 Å². The molecule has 0 N–H and O–H groups in total. The molecule has 164 valence electrons. The van der Waals surface area contributed by atoms with Crippen molar-refractivity contribution in [2.75, 3.05) is 0 Å². The van der Waals surface area contributed by atoms with Crippen LogP contribution in [0.3, 0.4) is 0 Å². The third-order valence-electron chi connectivity index (χ3n) is 5.31. The lowest BCUT2D eigenvalue weighted by molar-refractivity contribution is 0.575. The summed E-state index contributed by atoms with van der Waals surface area (Å²) >= 11 is 1.40. The summed E-state index contributed by atoms with van der Waals surface area (Å²) in [4.78, 5) is 18.7. The summed E-state index contributed by atoms with van der Waals surface area (Å²) in [6.45, 7) is 1.89. The van der Waals surface area contributed by atoms with Crippen LogP contribution >= 0.6 is 11.3 Å². The first-order chi connectivity index (χ1) is 16.1. The summed E-state index contributed by atoms with van der Waals surface area (Å²) in [5, 5.41) is 6.59. The Hall–Kier alpha value is -4.17. The molecule has 2 aromatic carbocycles. The second-order valence-electron chi connectivity index (χ2n) is 7.37. The largest absolute Gasteiger partial charge is 0.463 e. The minimum absolute atomic E-state index is 0.187. The van der Waals surface area contributed by atoms with E-state index >= 15 is 0 Å². The third kappa shape index (κ3) is 3.92. The molecule has 3 aromatic heterocycles. The molecule has 0 bridgehead atoms. The van der Waals surface area contributed by atoms with Crippen molar-refractivity contribution in [1.29, 1.82) is 0 Å². The Morgan fingerprint density at radius 3 is 2.39 bits per heavy atom. The Balaban J connectivity index is 1.69. The highest BCUT2D eigenvalue weighted by Gasteiger charge is 2.17. The molecule has 0 atom stereocenters. The van der Waals surface area contributed by atoms with Gasteiger partial charge in [-0.2, -0.15) is 5.10 Å². The first kappa shape index (κ1) is 20.7. The van der Waals surface area contributed by atoms with Crippen LogP contribution in [0.5, 0.6) is 0 Å². The Morgan fingerprint density at radius 1 is 0.970 bits per heavy atom. The first-order valence-electron chi connectivity index (χ1n) is 10.4. The smallest absolute Gasteiger partial charge is 0.297 e. The Labute approximate surface area is 193 Å². The van der Waals surface area contributed by atoms with Crippen molar-refractivity contribution < 1.29 is 4.42 Å². The number of nitrogens with zero attached hydrogens (tertiary/aromatic N) is 5. The Morgan fingerprint density at radius 2 is 1.70 bits per heavy atom. The van der Waals surface area contributed by atoms with Gasteiger partial charge in [0.2, 0.25) is 4.80 Å². The minimum atomic E-state index is -0.187. The van der Waals surface area contributed by atoms with Gasteiger partial charge < -0.3 is 4.42 Å². The molecular formula is C25H21N5O2S. The maximum atomic E-state index is 13.3. The first-order valence-corrected chi connectivity index (χ1v) is 11.2. The molecule has 0 aliphatic carbocycles. The minimum Gasteiger partial charge on any atom is -0.463 e. The zero-order valence-corrected chi connectivity index (χ0v) is 18.9. The van der Waals surface area contributed by atoms with E-state index in [1.807, 2.05) is 96.8 Å². The predicted octanol–water partition coefficient (Wildman–Crippen LogP) is 4.72. The monoisotopic (exact) mass is 455 g/mol. The molecule has 8 heteroatoms. The molecule has 5 aromatic rings. The van der Waals surface area contributed by atoms with Gasteiger partial charge in [-0.05, 0) is 36.8 Å². The highest BCUT2D eigenvalue weighted by Crippen LogP contribution is 2.22. The molecule has 0 saturated carbocycles. The molecule has 0 saturated heterocycles. The van der Waals surface area contributed by atoms with Crippen molar-refractivity contribution in [3.8, 4) is 17.1 Å². The van der Waals surface area contributed by atoms with E-state index in [4.69, 9.17) is 9.41 Å². The van der Waals surface area contributed by atoms with E-state index < -0.39 is 0 Å². The average Bonchev–Trinajstić information content (AvgIpc) is 3.56. The number of rotatable bonds is 5. The van der Waals surface area contributed by atoms with Crippen molar-refractivity contribution in [2.45, 2.75) is 6.92 Å². The van der Waals surface area contributed by atoms with Crippen LogP contribution in [0.25, 0.3) is 17.1 Å². The molecular weight excluding hydrogens is 434 g/mol. The van der Waals surface area contributed by atoms with Crippen LogP contribution in [0.2, 0.25) is 0 Å². The van der Waals surface area contributed by atoms with Crippen molar-refractivity contribution in [1.82, 2.24) is 14.0 Å². The third-order valence-corrected chi connectivity index (χ3v) is 6.13. The summed E-state index contributed by atoms with van der Waals surface area (Å²) in [7, 11) is 1.85. The fraction of sp³-hybridized carbons (Fsp3) is 0.0800. The maximum absolute atomic E-state index is 13.3. The quantitative estimate of drug-likeness (QED) is 0.360. The fourth-order valence-electron chi connectivity index (χ4n) is 3.53. The van der Waals surface area contributed by atoms with E-state index in [9.17, 15) is 4.79 Å². The number of aromatic nitrogens is 3. The molecule has 0 radical (unpaired) electrons. The highest BCUT2D eigenvalue weighted by atomic mass is 32.1. The summed E-state index contributed by atoms with van der Waals surface area (Å²) in [6.07, 6.45) is 3.38. The molecule has 7 nitrogen and oxygen atoms in total. The van der Waals surface area contributed by atoms with Crippen molar-refractivity contribution >= 4 is 23.2 Å². The van der Waals surface area contributed by atoms with Gasteiger partial charge in [0.15, 0.2) is 11.4 Å². The van der Waals surface area contributed by atoms with Crippen LogP contribution in [-0.4, -0.2) is 20.3 Å². The zero-order chi connectivity index (χ0) is 22.8. The van der Waals surface area contributed by atoms with E-state index in [2.05, 4.69) is 5.10 Å². The highest BCUT2D eigenvalue weighted by molar-refractivity contribution is 7.07. The molecule has 0 spiro atoms. The van der Waals surface area contributed by atoms with Crippen LogP contribution in [0.4, 0.5) is 5.69 Å². The van der Waals surface area contributed by atoms with Gasteiger partial charge in [0.25, 0.3) is 5.56 Å². The van der Waals surface area contributed by atoms with Crippen LogP contribution in [0.15, 0.2) is 104 Å². The second-order valence-corrected chi connectivity index (χ2v) is 8.21. The van der Waals surface area contributed by atoms with Crippen molar-refractivity contribution in [2.24, 2.45) is 17.1 Å². The number of hydrogen-bond donors (Lipinski definition) is 0. The lowest BCUT2D eigenvalue weighted by Gasteiger charge is -2.07. The lowest BCUT2D eigenvalue weighted by atomic mass is 10.2. The fourth-order valence-corrected chi connectivity index (χ4v) is 4.35. The summed E-state index contributed by atoms with van der Waals surface area (Å²) in [5.74, 6) is 0.671. The van der Waals surface area contributed by atoms with Crippen LogP contribution in [0, 0.1) is 6.92 Å². The number of thiazole rings is 1. The van der Waals surface area contributed by atoms with Gasteiger partial charge >= 0.3 is 0 Å². The van der Waals surface area contributed by atoms with E-state index in [0.717, 1.165) is 22.6 Å². The molecule has 3 heterocycles. The second kappa shape index (κ2) is 8.76. The standard InChI is InChI=1S/C25H21N5O2S/c1-18-23(24(31)30(28(18)2)20-12-7-4-8-13-20)27-25-29(26-16-19-10-5-3-6-11-19)21(17-33-25)22-14-9-15-32-22/h3-17H,1-2H3. The number of furan rings is 1.